The Morgan fingerprint density at radius 1 is 1.10 bits per heavy atom. The maximum atomic E-state index is 12.7. The summed E-state index contributed by atoms with van der Waals surface area (Å²) in [5.74, 6) is 0.165. The first kappa shape index (κ1) is 21.0. The van der Waals surface area contributed by atoms with Crippen LogP contribution in [-0.2, 0) is 11.2 Å². The van der Waals surface area contributed by atoms with Crippen LogP contribution in [-0.4, -0.2) is 37.7 Å². The lowest BCUT2D eigenvalue weighted by atomic mass is 10.1. The molecular formula is C21H20N6O2S2. The second-order valence-corrected chi connectivity index (χ2v) is 8.53. The van der Waals surface area contributed by atoms with Crippen molar-refractivity contribution < 1.29 is 9.59 Å². The van der Waals surface area contributed by atoms with Crippen LogP contribution in [0.15, 0.2) is 46.9 Å². The molecule has 0 aliphatic carbocycles. The van der Waals surface area contributed by atoms with Crippen molar-refractivity contribution in [1.82, 2.24) is 19.6 Å². The topological polar surface area (TPSA) is 101 Å². The van der Waals surface area contributed by atoms with Crippen molar-refractivity contribution in [3.8, 4) is 0 Å². The van der Waals surface area contributed by atoms with Crippen molar-refractivity contribution in [2.24, 2.45) is 0 Å². The highest BCUT2D eigenvalue weighted by Crippen LogP contribution is 2.20. The minimum Gasteiger partial charge on any atom is -0.326 e. The SMILES string of the molecule is CSc1nc2nc(C)c(CC(=O)Nc3cccc(NC(=O)c4cccs4)c3)c(C)n2n1. The second-order valence-electron chi connectivity index (χ2n) is 6.81. The van der Waals surface area contributed by atoms with E-state index in [0.29, 0.717) is 27.2 Å². The average molecular weight is 453 g/mol. The molecule has 2 amide bonds. The van der Waals surface area contributed by atoms with Crippen LogP contribution in [0.5, 0.6) is 0 Å². The number of aromatic nitrogens is 4. The number of nitrogens with zero attached hydrogens (tertiary/aromatic N) is 4. The van der Waals surface area contributed by atoms with Crippen LogP contribution in [0, 0.1) is 13.8 Å². The highest BCUT2D eigenvalue weighted by molar-refractivity contribution is 7.98. The molecule has 2 N–H and O–H groups in total. The molecule has 0 aliphatic heterocycles. The van der Waals surface area contributed by atoms with Gasteiger partial charge in [-0.05, 0) is 49.7 Å². The van der Waals surface area contributed by atoms with E-state index >= 15 is 0 Å². The van der Waals surface area contributed by atoms with Gasteiger partial charge in [-0.25, -0.2) is 9.50 Å². The molecule has 31 heavy (non-hydrogen) atoms. The number of carbonyl (C=O) groups is 2. The number of fused-ring (bicyclic) bond motifs is 1. The van der Waals surface area contributed by atoms with Gasteiger partial charge in [0.05, 0.1) is 11.3 Å². The van der Waals surface area contributed by atoms with Gasteiger partial charge in [-0.15, -0.1) is 16.4 Å². The number of hydrogen-bond donors (Lipinski definition) is 2. The predicted octanol–water partition coefficient (Wildman–Crippen LogP) is 3.96. The van der Waals surface area contributed by atoms with Gasteiger partial charge in [-0.1, -0.05) is 23.9 Å². The molecule has 0 aliphatic rings. The molecular weight excluding hydrogens is 432 g/mol. The fourth-order valence-corrected chi connectivity index (χ4v) is 4.13. The summed E-state index contributed by atoms with van der Waals surface area (Å²) in [6, 6.07) is 10.7. The molecule has 0 saturated carbocycles. The Kier molecular flexibility index (Phi) is 6.01. The highest BCUT2D eigenvalue weighted by atomic mass is 32.2. The van der Waals surface area contributed by atoms with Crippen molar-refractivity contribution in [1.29, 1.82) is 0 Å². The zero-order valence-corrected chi connectivity index (χ0v) is 18.8. The molecule has 10 heteroatoms. The number of rotatable bonds is 6. The molecule has 1 aromatic carbocycles. The van der Waals surface area contributed by atoms with Crippen LogP contribution in [0.2, 0.25) is 0 Å². The molecule has 3 aromatic heterocycles. The summed E-state index contributed by atoms with van der Waals surface area (Å²) in [6.45, 7) is 3.77. The van der Waals surface area contributed by atoms with Crippen molar-refractivity contribution in [3.05, 3.63) is 63.6 Å². The maximum absolute atomic E-state index is 12.7. The Bertz CT molecular complexity index is 1270. The van der Waals surface area contributed by atoms with E-state index in [1.807, 2.05) is 31.5 Å². The molecule has 4 rings (SSSR count). The van der Waals surface area contributed by atoms with E-state index in [-0.39, 0.29) is 18.2 Å². The molecule has 0 atom stereocenters. The lowest BCUT2D eigenvalue weighted by molar-refractivity contribution is -0.115. The zero-order valence-electron chi connectivity index (χ0n) is 17.2. The number of nitrogens with one attached hydrogen (secondary N) is 2. The van der Waals surface area contributed by atoms with Gasteiger partial charge in [0.15, 0.2) is 0 Å². The molecule has 158 valence electrons. The number of thioether (sulfide) groups is 1. The van der Waals surface area contributed by atoms with E-state index in [4.69, 9.17) is 0 Å². The Balaban J connectivity index is 1.48. The summed E-state index contributed by atoms with van der Waals surface area (Å²) in [4.78, 5) is 34.4. The minimum absolute atomic E-state index is 0.154. The molecule has 0 spiro atoms. The number of aryl methyl sites for hydroxylation is 2. The van der Waals surface area contributed by atoms with Crippen LogP contribution in [0.3, 0.4) is 0 Å². The van der Waals surface area contributed by atoms with Crippen molar-refractivity contribution in [3.63, 3.8) is 0 Å². The monoisotopic (exact) mass is 452 g/mol. The van der Waals surface area contributed by atoms with Crippen molar-refractivity contribution >= 4 is 52.1 Å². The summed E-state index contributed by atoms with van der Waals surface area (Å²) >= 11 is 2.82. The third-order valence-corrected chi connectivity index (χ3v) is 6.11. The number of benzene rings is 1. The van der Waals surface area contributed by atoms with Gasteiger partial charge in [0.1, 0.15) is 0 Å². The van der Waals surface area contributed by atoms with Crippen LogP contribution >= 0.6 is 23.1 Å². The third kappa shape index (κ3) is 4.59. The molecule has 0 unspecified atom stereocenters. The van der Waals surface area contributed by atoms with E-state index < -0.39 is 0 Å². The highest BCUT2D eigenvalue weighted by Gasteiger charge is 2.16. The summed E-state index contributed by atoms with van der Waals surface area (Å²) in [7, 11) is 0. The van der Waals surface area contributed by atoms with Gasteiger partial charge < -0.3 is 10.6 Å². The molecule has 0 saturated heterocycles. The summed E-state index contributed by atoms with van der Waals surface area (Å²) in [5.41, 5.74) is 3.60. The smallest absolute Gasteiger partial charge is 0.265 e. The van der Waals surface area contributed by atoms with Crippen molar-refractivity contribution in [2.45, 2.75) is 25.4 Å². The second kappa shape index (κ2) is 8.86. The quantitative estimate of drug-likeness (QED) is 0.430. The number of hydrogen-bond acceptors (Lipinski definition) is 7. The summed E-state index contributed by atoms with van der Waals surface area (Å²) in [6.07, 6.45) is 2.06. The fourth-order valence-electron chi connectivity index (χ4n) is 3.17. The fraction of sp³-hybridized carbons (Fsp3) is 0.190. The van der Waals surface area contributed by atoms with Crippen LogP contribution < -0.4 is 10.6 Å². The van der Waals surface area contributed by atoms with Gasteiger partial charge >= 0.3 is 0 Å². The number of carbonyl (C=O) groups excluding carboxylic acids is 2. The molecule has 0 fully saturated rings. The van der Waals surface area contributed by atoms with Crippen LogP contribution in [0.4, 0.5) is 11.4 Å². The first-order valence-corrected chi connectivity index (χ1v) is 11.6. The number of thiophene rings is 1. The molecule has 8 nitrogen and oxygen atoms in total. The van der Waals surface area contributed by atoms with Crippen molar-refractivity contribution in [2.75, 3.05) is 16.9 Å². The predicted molar refractivity (Wildman–Crippen MR) is 123 cm³/mol. The first-order valence-electron chi connectivity index (χ1n) is 9.46. The lowest BCUT2D eigenvalue weighted by Gasteiger charge is -2.11. The summed E-state index contributed by atoms with van der Waals surface area (Å²) in [5, 5.41) is 12.6. The Morgan fingerprint density at radius 2 is 1.87 bits per heavy atom. The first-order chi connectivity index (χ1) is 14.9. The maximum Gasteiger partial charge on any atom is 0.265 e. The largest absolute Gasteiger partial charge is 0.326 e. The third-order valence-electron chi connectivity index (χ3n) is 4.70. The zero-order chi connectivity index (χ0) is 22.0. The molecule has 0 radical (unpaired) electrons. The van der Waals surface area contributed by atoms with Gasteiger partial charge in [0.25, 0.3) is 11.7 Å². The Hall–Kier alpha value is -3.24. The van der Waals surface area contributed by atoms with E-state index in [1.165, 1.54) is 23.1 Å². The Labute approximate surface area is 187 Å². The minimum atomic E-state index is -0.181. The van der Waals surface area contributed by atoms with Gasteiger partial charge in [0, 0.05) is 28.3 Å². The van der Waals surface area contributed by atoms with Crippen LogP contribution in [0.25, 0.3) is 5.78 Å². The van der Waals surface area contributed by atoms with E-state index in [0.717, 1.165) is 17.0 Å². The molecule has 3 heterocycles. The molecule has 4 aromatic rings. The van der Waals surface area contributed by atoms with E-state index in [9.17, 15) is 9.59 Å². The molecule has 0 bridgehead atoms. The average Bonchev–Trinajstić information content (AvgIpc) is 3.41. The van der Waals surface area contributed by atoms with Gasteiger partial charge in [0.2, 0.25) is 11.1 Å². The van der Waals surface area contributed by atoms with E-state index in [1.54, 1.807) is 34.8 Å². The number of anilines is 2. The standard InChI is InChI=1S/C21H20N6O2S2/c1-12-16(13(2)27-20(22-12)25-21(26-27)30-3)11-18(28)23-14-6-4-7-15(10-14)24-19(29)17-8-5-9-31-17/h4-10H,11H2,1-3H3,(H,23,28)(H,24,29). The van der Waals surface area contributed by atoms with Gasteiger partial charge in [-0.3, -0.25) is 9.59 Å². The summed E-state index contributed by atoms with van der Waals surface area (Å²) < 4.78 is 1.67. The Morgan fingerprint density at radius 3 is 2.58 bits per heavy atom. The van der Waals surface area contributed by atoms with E-state index in [2.05, 4.69) is 25.7 Å². The van der Waals surface area contributed by atoms with Crippen LogP contribution in [0.1, 0.15) is 26.6 Å². The van der Waals surface area contributed by atoms with Gasteiger partial charge in [-0.2, -0.15) is 4.98 Å². The normalized spacial score (nSPS) is 10.9. The number of amides is 2. The lowest BCUT2D eigenvalue weighted by Crippen LogP contribution is -2.18.